The molecule has 4 rings (SSSR count). The summed E-state index contributed by atoms with van der Waals surface area (Å²) in [5.74, 6) is -0.928. The van der Waals surface area contributed by atoms with Gasteiger partial charge in [0.2, 0.25) is 11.7 Å². The quantitative estimate of drug-likeness (QED) is 0.535. The number of amides is 1. The van der Waals surface area contributed by atoms with Crippen molar-refractivity contribution in [3.05, 3.63) is 89.2 Å². The topological polar surface area (TPSA) is 77.4 Å². The third-order valence-electron chi connectivity index (χ3n) is 5.17. The molecule has 3 aromatic rings. The fraction of sp³-hybridized carbons (Fsp3) is 0.174. The van der Waals surface area contributed by atoms with Crippen LogP contribution in [0.1, 0.15) is 44.4 Å². The smallest absolute Gasteiger partial charge is 0.337 e. The van der Waals surface area contributed by atoms with Crippen LogP contribution in [0.2, 0.25) is 0 Å². The molecule has 0 fully saturated rings. The van der Waals surface area contributed by atoms with Gasteiger partial charge in [0.15, 0.2) is 0 Å². The van der Waals surface area contributed by atoms with Gasteiger partial charge in [-0.2, -0.15) is 0 Å². The number of benzene rings is 2. The van der Waals surface area contributed by atoms with Crippen molar-refractivity contribution >= 4 is 23.3 Å². The third-order valence-corrected chi connectivity index (χ3v) is 5.17. The van der Waals surface area contributed by atoms with Crippen molar-refractivity contribution in [1.29, 1.82) is 0 Å². The van der Waals surface area contributed by atoms with Crippen molar-refractivity contribution < 1.29 is 19.1 Å². The summed E-state index contributed by atoms with van der Waals surface area (Å²) in [7, 11) is 1.32. The summed E-state index contributed by atoms with van der Waals surface area (Å²) in [5, 5.41) is 2.89. The molecule has 0 spiro atoms. The molecule has 6 nitrogen and oxygen atoms in total. The van der Waals surface area contributed by atoms with Crippen molar-refractivity contribution in [2.75, 3.05) is 12.4 Å². The normalized spacial score (nSPS) is 14.9. The summed E-state index contributed by atoms with van der Waals surface area (Å²) in [4.78, 5) is 37.1. The van der Waals surface area contributed by atoms with Crippen LogP contribution in [0.15, 0.2) is 66.7 Å². The first-order valence-electron chi connectivity index (χ1n) is 9.37. The summed E-state index contributed by atoms with van der Waals surface area (Å²) in [6.45, 7) is 0.621. The summed E-state index contributed by atoms with van der Waals surface area (Å²) >= 11 is 0. The number of hydrogen-bond donors (Lipinski definition) is 1. The molecule has 146 valence electrons. The zero-order chi connectivity index (χ0) is 20.4. The van der Waals surface area contributed by atoms with Gasteiger partial charge < -0.3 is 14.6 Å². The molecule has 1 amide bonds. The minimum Gasteiger partial charge on any atom is -0.465 e. The number of carbonyl (C=O) groups excluding carboxylic acids is 3. The molecule has 0 saturated carbocycles. The number of methoxy groups -OCH3 is 1. The van der Waals surface area contributed by atoms with Gasteiger partial charge in [-0.25, -0.2) is 4.79 Å². The average molecular weight is 388 g/mol. The summed E-state index contributed by atoms with van der Waals surface area (Å²) in [5.41, 5.74) is 3.10. The van der Waals surface area contributed by atoms with E-state index in [1.165, 1.54) is 7.11 Å². The second-order valence-electron chi connectivity index (χ2n) is 6.89. The number of nitrogens with one attached hydrogen (secondary N) is 1. The highest BCUT2D eigenvalue weighted by Crippen LogP contribution is 2.32. The minimum atomic E-state index is -0.424. The molecule has 6 heteroatoms. The minimum absolute atomic E-state index is 0.0451. The molecule has 1 aliphatic rings. The van der Waals surface area contributed by atoms with Crippen LogP contribution in [0.3, 0.4) is 0 Å². The Balaban J connectivity index is 1.50. The van der Waals surface area contributed by atoms with Gasteiger partial charge >= 0.3 is 5.97 Å². The predicted molar refractivity (Wildman–Crippen MR) is 108 cm³/mol. The number of ketones is 1. The Bertz CT molecular complexity index is 1070. The number of fused-ring (bicyclic) bond motifs is 1. The van der Waals surface area contributed by atoms with Gasteiger partial charge in [-0.15, -0.1) is 0 Å². The Morgan fingerprint density at radius 2 is 1.66 bits per heavy atom. The molecule has 0 aliphatic carbocycles. The van der Waals surface area contributed by atoms with E-state index in [0.717, 1.165) is 5.69 Å². The summed E-state index contributed by atoms with van der Waals surface area (Å²) in [6.07, 6.45) is 0.636. The molecule has 1 atom stereocenters. The first-order chi connectivity index (χ1) is 14.1. The van der Waals surface area contributed by atoms with Crippen molar-refractivity contribution in [3.63, 3.8) is 0 Å². The highest BCUT2D eigenvalue weighted by molar-refractivity contribution is 6.08. The van der Waals surface area contributed by atoms with Crippen molar-refractivity contribution in [2.24, 2.45) is 0 Å². The third kappa shape index (κ3) is 3.57. The number of carbonyl (C=O) groups is 3. The first kappa shape index (κ1) is 18.7. The Hall–Kier alpha value is -3.67. The Morgan fingerprint density at radius 3 is 2.34 bits per heavy atom. The molecule has 0 unspecified atom stereocenters. The molecule has 2 aromatic carbocycles. The molecular weight excluding hydrogens is 368 g/mol. The van der Waals surface area contributed by atoms with E-state index >= 15 is 0 Å². The van der Waals surface area contributed by atoms with E-state index in [0.29, 0.717) is 35.5 Å². The molecule has 1 N–H and O–H groups in total. The lowest BCUT2D eigenvalue weighted by Gasteiger charge is -2.11. The van der Waals surface area contributed by atoms with E-state index < -0.39 is 5.97 Å². The lowest BCUT2D eigenvalue weighted by Crippen LogP contribution is -2.19. The molecule has 29 heavy (non-hydrogen) atoms. The van der Waals surface area contributed by atoms with Gasteiger partial charge in [0, 0.05) is 23.5 Å². The van der Waals surface area contributed by atoms with E-state index in [-0.39, 0.29) is 17.6 Å². The monoisotopic (exact) mass is 388 g/mol. The zero-order valence-corrected chi connectivity index (χ0v) is 15.9. The number of hydrogen-bond acceptors (Lipinski definition) is 4. The van der Waals surface area contributed by atoms with E-state index in [2.05, 4.69) is 10.1 Å². The van der Waals surface area contributed by atoms with E-state index in [4.69, 9.17) is 0 Å². The van der Waals surface area contributed by atoms with Gasteiger partial charge in [0.1, 0.15) is 0 Å². The Morgan fingerprint density at radius 1 is 0.931 bits per heavy atom. The molecule has 2 heterocycles. The van der Waals surface area contributed by atoms with Crippen LogP contribution < -0.4 is 5.32 Å². The summed E-state index contributed by atoms with van der Waals surface area (Å²) in [6, 6.07) is 19.3. The fourth-order valence-corrected chi connectivity index (χ4v) is 3.68. The van der Waals surface area contributed by atoms with E-state index in [1.807, 2.05) is 28.8 Å². The van der Waals surface area contributed by atoms with Gasteiger partial charge in [0.25, 0.3) is 0 Å². The Kier molecular flexibility index (Phi) is 4.99. The van der Waals surface area contributed by atoms with Gasteiger partial charge in [-0.1, -0.05) is 30.3 Å². The highest BCUT2D eigenvalue weighted by Gasteiger charge is 2.32. The molecule has 0 radical (unpaired) electrons. The first-order valence-corrected chi connectivity index (χ1v) is 9.37. The number of aromatic nitrogens is 1. The number of rotatable bonds is 5. The number of ether oxygens (including phenoxy) is 1. The molecule has 1 aliphatic heterocycles. The second-order valence-corrected chi connectivity index (χ2v) is 6.89. The molecule has 0 bridgehead atoms. The van der Waals surface area contributed by atoms with Crippen molar-refractivity contribution in [1.82, 2.24) is 4.57 Å². The maximum Gasteiger partial charge on any atom is 0.337 e. The number of esters is 1. The van der Waals surface area contributed by atoms with Crippen molar-refractivity contribution in [3.8, 4) is 0 Å². The van der Waals surface area contributed by atoms with Crippen LogP contribution in [0.25, 0.3) is 0 Å². The lowest BCUT2D eigenvalue weighted by molar-refractivity contribution is -0.117. The maximum atomic E-state index is 12.8. The standard InChI is InChI=1S/C23H20N2O4/c1-29-23(28)16-7-9-17(10-8-16)24-22(27)18-13-14-25-19(18)11-12-20(25)21(26)15-5-3-2-4-6-15/h2-12,18H,13-14H2,1H3,(H,24,27)/t18-/m1/s1. The predicted octanol–water partition coefficient (Wildman–Crippen LogP) is 3.63. The van der Waals surface area contributed by atoms with Gasteiger partial charge in [0.05, 0.1) is 24.3 Å². The van der Waals surface area contributed by atoms with Crippen LogP contribution in [0.5, 0.6) is 0 Å². The average Bonchev–Trinajstić information content (AvgIpc) is 3.36. The fourth-order valence-electron chi connectivity index (χ4n) is 3.68. The van der Waals surface area contributed by atoms with Crippen molar-refractivity contribution in [2.45, 2.75) is 18.9 Å². The second kappa shape index (κ2) is 7.75. The van der Waals surface area contributed by atoms with Crippen LogP contribution in [-0.4, -0.2) is 29.3 Å². The van der Waals surface area contributed by atoms with Crippen LogP contribution in [-0.2, 0) is 16.1 Å². The maximum absolute atomic E-state index is 12.8. The van der Waals surface area contributed by atoms with Gasteiger partial charge in [-0.05, 0) is 42.8 Å². The molecule has 0 saturated heterocycles. The van der Waals surface area contributed by atoms with E-state index in [1.54, 1.807) is 42.5 Å². The number of nitrogens with zero attached hydrogens (tertiary/aromatic N) is 1. The van der Waals surface area contributed by atoms with Crippen LogP contribution >= 0.6 is 0 Å². The summed E-state index contributed by atoms with van der Waals surface area (Å²) < 4.78 is 6.61. The largest absolute Gasteiger partial charge is 0.465 e. The van der Waals surface area contributed by atoms with Crippen LogP contribution in [0, 0.1) is 0 Å². The SMILES string of the molecule is COC(=O)c1ccc(NC(=O)[C@@H]2CCn3c(C(=O)c4ccccc4)ccc32)cc1. The van der Waals surface area contributed by atoms with Gasteiger partial charge in [-0.3, -0.25) is 9.59 Å². The van der Waals surface area contributed by atoms with Crippen LogP contribution in [0.4, 0.5) is 5.69 Å². The highest BCUT2D eigenvalue weighted by atomic mass is 16.5. The Labute approximate surface area is 168 Å². The van der Waals surface area contributed by atoms with E-state index in [9.17, 15) is 14.4 Å². The zero-order valence-electron chi connectivity index (χ0n) is 15.9. The molecular formula is C23H20N2O4. The number of anilines is 1. The lowest BCUT2D eigenvalue weighted by atomic mass is 10.0. The molecule has 1 aromatic heterocycles.